The first-order valence-corrected chi connectivity index (χ1v) is 16.6. The van der Waals surface area contributed by atoms with Crippen LogP contribution in [-0.2, 0) is 18.1 Å². The zero-order valence-corrected chi connectivity index (χ0v) is 23.7. The van der Waals surface area contributed by atoms with E-state index in [-0.39, 0.29) is 0 Å². The summed E-state index contributed by atoms with van der Waals surface area (Å²) in [7, 11) is -2.52. The molecule has 0 aliphatic rings. The maximum absolute atomic E-state index is 12.1. The fraction of sp³-hybridized carbons (Fsp3) is 0.962. The highest BCUT2D eigenvalue weighted by Gasteiger charge is 2.39. The number of thioether (sulfide) groups is 1. The molecule has 6 heteroatoms. The number of carbonyl (C=O) groups excluding carboxylic acids is 1. The lowest BCUT2D eigenvalue weighted by molar-refractivity contribution is -0.111. The fourth-order valence-electron chi connectivity index (χ4n) is 3.99. The van der Waals surface area contributed by atoms with Gasteiger partial charge < -0.3 is 13.3 Å². The third kappa shape index (κ3) is 19.6. The molecule has 32 heavy (non-hydrogen) atoms. The number of unbranched alkanes of at least 4 members (excludes halogenated alkanes) is 13. The van der Waals surface area contributed by atoms with Gasteiger partial charge in [0.1, 0.15) is 0 Å². The van der Waals surface area contributed by atoms with Gasteiger partial charge in [-0.1, -0.05) is 95.7 Å². The second kappa shape index (κ2) is 24.2. The van der Waals surface area contributed by atoms with Crippen LogP contribution >= 0.6 is 11.8 Å². The highest BCUT2D eigenvalue weighted by atomic mass is 32.2. The van der Waals surface area contributed by atoms with Crippen LogP contribution in [-0.4, -0.2) is 39.5 Å². The molecule has 0 atom stereocenters. The standard InChI is InChI=1S/C26H54O4SSi/c1-5-9-10-11-12-13-14-15-16-17-18-19-20-23-26(27)31-24-21-22-25-32(28-6-2,29-7-3)30-8-4/h5-25H2,1-4H3. The van der Waals surface area contributed by atoms with Gasteiger partial charge in [-0.2, -0.15) is 0 Å². The van der Waals surface area contributed by atoms with Crippen LogP contribution in [0.5, 0.6) is 0 Å². The number of carbonyl (C=O) groups is 1. The Hall–Kier alpha value is 0.117. The van der Waals surface area contributed by atoms with Crippen molar-refractivity contribution in [3.05, 3.63) is 0 Å². The molecule has 192 valence electrons. The lowest BCUT2D eigenvalue weighted by Crippen LogP contribution is -2.45. The highest BCUT2D eigenvalue weighted by Crippen LogP contribution is 2.21. The molecule has 0 N–H and O–H groups in total. The molecule has 0 aromatic heterocycles. The van der Waals surface area contributed by atoms with Crippen molar-refractivity contribution in [3.63, 3.8) is 0 Å². The van der Waals surface area contributed by atoms with Crippen LogP contribution in [0, 0.1) is 0 Å². The SMILES string of the molecule is CCCCCCCCCCCCCCCC(=O)SCCCC[Si](OCC)(OCC)OCC. The Labute approximate surface area is 205 Å². The van der Waals surface area contributed by atoms with Crippen molar-refractivity contribution in [3.8, 4) is 0 Å². The van der Waals surface area contributed by atoms with Gasteiger partial charge in [0.15, 0.2) is 5.12 Å². The van der Waals surface area contributed by atoms with Crippen molar-refractivity contribution in [2.75, 3.05) is 25.6 Å². The Morgan fingerprint density at radius 3 is 1.47 bits per heavy atom. The quantitative estimate of drug-likeness (QED) is 0.0947. The van der Waals surface area contributed by atoms with Gasteiger partial charge >= 0.3 is 8.80 Å². The molecule has 0 aromatic rings. The molecule has 0 spiro atoms. The molecule has 0 unspecified atom stereocenters. The molecule has 0 fully saturated rings. The number of hydrogen-bond donors (Lipinski definition) is 0. The summed E-state index contributed by atoms with van der Waals surface area (Å²) in [5.41, 5.74) is 0. The normalized spacial score (nSPS) is 11.9. The largest absolute Gasteiger partial charge is 0.500 e. The summed E-state index contributed by atoms with van der Waals surface area (Å²) in [5, 5.41) is 0.357. The summed E-state index contributed by atoms with van der Waals surface area (Å²) in [6.45, 7) is 10.1. The van der Waals surface area contributed by atoms with Crippen molar-refractivity contribution in [2.24, 2.45) is 0 Å². The van der Waals surface area contributed by atoms with Crippen molar-refractivity contribution >= 4 is 25.7 Å². The minimum Gasteiger partial charge on any atom is -0.374 e. The first-order chi connectivity index (χ1) is 15.6. The number of hydrogen-bond acceptors (Lipinski definition) is 5. The molecule has 0 saturated heterocycles. The van der Waals surface area contributed by atoms with Crippen LogP contribution in [0.2, 0.25) is 6.04 Å². The van der Waals surface area contributed by atoms with E-state index in [0.717, 1.165) is 37.5 Å². The summed E-state index contributed by atoms with van der Waals surface area (Å²) in [5.74, 6) is 0.895. The van der Waals surface area contributed by atoms with Gasteiger partial charge in [-0.05, 0) is 40.0 Å². The predicted molar refractivity (Wildman–Crippen MR) is 142 cm³/mol. The van der Waals surface area contributed by atoms with Crippen LogP contribution < -0.4 is 0 Å². The van der Waals surface area contributed by atoms with Gasteiger partial charge in [0.2, 0.25) is 0 Å². The topological polar surface area (TPSA) is 44.8 Å². The van der Waals surface area contributed by atoms with E-state index < -0.39 is 8.80 Å². The van der Waals surface area contributed by atoms with E-state index in [1.54, 1.807) is 0 Å². The van der Waals surface area contributed by atoms with E-state index in [1.807, 2.05) is 20.8 Å². The van der Waals surface area contributed by atoms with Gasteiger partial charge in [-0.15, -0.1) is 0 Å². The molecule has 4 nitrogen and oxygen atoms in total. The molecule has 0 saturated carbocycles. The van der Waals surface area contributed by atoms with E-state index in [9.17, 15) is 4.79 Å². The zero-order valence-electron chi connectivity index (χ0n) is 21.9. The molecule has 0 rings (SSSR count). The molecular formula is C26H54O4SSi. The fourth-order valence-corrected chi connectivity index (χ4v) is 7.54. The van der Waals surface area contributed by atoms with Gasteiger partial charge in [-0.25, -0.2) is 0 Å². The maximum Gasteiger partial charge on any atom is 0.500 e. The average molecular weight is 491 g/mol. The van der Waals surface area contributed by atoms with Crippen LogP contribution in [0.4, 0.5) is 0 Å². The lowest BCUT2D eigenvalue weighted by atomic mass is 10.0. The van der Waals surface area contributed by atoms with Gasteiger partial charge in [0, 0.05) is 38.0 Å². The monoisotopic (exact) mass is 490 g/mol. The third-order valence-corrected chi connectivity index (χ3v) is 9.89. The summed E-state index contributed by atoms with van der Waals surface area (Å²) in [4.78, 5) is 12.1. The first kappa shape index (κ1) is 32.1. The molecule has 0 radical (unpaired) electrons. The van der Waals surface area contributed by atoms with Crippen molar-refractivity contribution in [1.29, 1.82) is 0 Å². The van der Waals surface area contributed by atoms with Crippen LogP contribution in [0.25, 0.3) is 0 Å². The molecule has 0 heterocycles. The molecule has 0 bridgehead atoms. The first-order valence-electron chi connectivity index (χ1n) is 13.7. The minimum absolute atomic E-state index is 0.357. The summed E-state index contributed by atoms with van der Waals surface area (Å²) >= 11 is 1.51. The van der Waals surface area contributed by atoms with E-state index in [1.165, 1.54) is 88.8 Å². The second-order valence-electron chi connectivity index (χ2n) is 8.65. The van der Waals surface area contributed by atoms with Crippen molar-refractivity contribution in [2.45, 2.75) is 136 Å². The predicted octanol–water partition coefficient (Wildman–Crippen LogP) is 8.56. The zero-order chi connectivity index (χ0) is 23.8. The summed E-state index contributed by atoms with van der Waals surface area (Å²) < 4.78 is 17.7. The molecular weight excluding hydrogens is 436 g/mol. The average Bonchev–Trinajstić information content (AvgIpc) is 2.77. The molecule has 0 aromatic carbocycles. The lowest BCUT2D eigenvalue weighted by Gasteiger charge is -2.28. The van der Waals surface area contributed by atoms with E-state index in [2.05, 4.69) is 6.92 Å². The smallest absolute Gasteiger partial charge is 0.374 e. The Morgan fingerprint density at radius 1 is 0.594 bits per heavy atom. The molecule has 0 aliphatic heterocycles. The summed E-state index contributed by atoms with van der Waals surface area (Å²) in [6, 6.07) is 0.843. The summed E-state index contributed by atoms with van der Waals surface area (Å²) in [6.07, 6.45) is 20.2. The Kier molecular flexibility index (Phi) is 24.3. The molecule has 0 aliphatic carbocycles. The van der Waals surface area contributed by atoms with E-state index in [4.69, 9.17) is 13.3 Å². The van der Waals surface area contributed by atoms with Gasteiger partial charge in [0.25, 0.3) is 0 Å². The van der Waals surface area contributed by atoms with E-state index >= 15 is 0 Å². The van der Waals surface area contributed by atoms with Crippen molar-refractivity contribution in [1.82, 2.24) is 0 Å². The Bertz CT molecular complexity index is 392. The maximum atomic E-state index is 12.1. The highest BCUT2D eigenvalue weighted by molar-refractivity contribution is 8.13. The van der Waals surface area contributed by atoms with Crippen molar-refractivity contribution < 1.29 is 18.1 Å². The Balaban J connectivity index is 3.56. The van der Waals surface area contributed by atoms with Crippen LogP contribution in [0.15, 0.2) is 0 Å². The third-order valence-electron chi connectivity index (χ3n) is 5.72. The Morgan fingerprint density at radius 2 is 1.03 bits per heavy atom. The van der Waals surface area contributed by atoms with Crippen LogP contribution in [0.3, 0.4) is 0 Å². The minimum atomic E-state index is -2.52. The van der Waals surface area contributed by atoms with E-state index in [0.29, 0.717) is 24.9 Å². The molecule has 0 amide bonds. The van der Waals surface area contributed by atoms with Gasteiger partial charge in [-0.3, -0.25) is 4.79 Å². The number of rotatable bonds is 25. The second-order valence-corrected chi connectivity index (χ2v) is 12.5. The van der Waals surface area contributed by atoms with Crippen LogP contribution in [0.1, 0.15) is 130 Å². The van der Waals surface area contributed by atoms with Gasteiger partial charge in [0.05, 0.1) is 0 Å².